The van der Waals surface area contributed by atoms with Crippen LogP contribution in [0.5, 0.6) is 0 Å². The smallest absolute Gasteiger partial charge is 0.195 e. The van der Waals surface area contributed by atoms with Gasteiger partial charge in [-0.2, -0.15) is 0 Å². The van der Waals surface area contributed by atoms with Crippen LogP contribution in [0, 0.1) is 22.1 Å². The molecule has 0 atom stereocenters. The van der Waals surface area contributed by atoms with Gasteiger partial charge in [0.15, 0.2) is 5.78 Å². The average molecular weight is 358 g/mol. The molecule has 0 radical (unpaired) electrons. The fourth-order valence-corrected chi connectivity index (χ4v) is 1.95. The number of hydrogen-bond donors (Lipinski definition) is 0. The van der Waals surface area contributed by atoms with Crippen molar-refractivity contribution in [3.63, 3.8) is 0 Å². The highest BCUT2D eigenvalue weighted by atomic mass is 127. The molecule has 0 aliphatic heterocycles. The maximum atomic E-state index is 13.6. The number of aryl methyl sites for hydroxylation is 1. The molecule has 0 aromatic heterocycles. The Bertz CT molecular complexity index is 606. The third kappa shape index (κ3) is 2.58. The quantitative estimate of drug-likeness (QED) is 0.583. The summed E-state index contributed by atoms with van der Waals surface area (Å²) in [4.78, 5) is 12.1. The first-order valence-electron chi connectivity index (χ1n) is 5.25. The average Bonchev–Trinajstić information content (AvgIpc) is 2.34. The van der Waals surface area contributed by atoms with Crippen molar-refractivity contribution in [2.45, 2.75) is 6.92 Å². The normalized spacial score (nSPS) is 10.4. The van der Waals surface area contributed by atoms with Gasteiger partial charge in [0.2, 0.25) is 0 Å². The second-order valence-corrected chi connectivity index (χ2v) is 5.16. The lowest BCUT2D eigenvalue weighted by Gasteiger charge is -2.05. The van der Waals surface area contributed by atoms with E-state index in [9.17, 15) is 13.6 Å². The van der Waals surface area contributed by atoms with Gasteiger partial charge in [-0.05, 0) is 65.4 Å². The van der Waals surface area contributed by atoms with Gasteiger partial charge >= 0.3 is 0 Å². The van der Waals surface area contributed by atoms with Crippen molar-refractivity contribution in [1.29, 1.82) is 0 Å². The van der Waals surface area contributed by atoms with Gasteiger partial charge in [-0.3, -0.25) is 4.79 Å². The molecule has 4 heteroatoms. The molecule has 0 saturated carbocycles. The van der Waals surface area contributed by atoms with Gasteiger partial charge in [0.25, 0.3) is 0 Å². The Hall–Kier alpha value is -1.30. The monoisotopic (exact) mass is 358 g/mol. The van der Waals surface area contributed by atoms with Crippen LogP contribution < -0.4 is 0 Å². The van der Waals surface area contributed by atoms with Crippen molar-refractivity contribution in [3.8, 4) is 0 Å². The summed E-state index contributed by atoms with van der Waals surface area (Å²) in [5.41, 5.74) is 0.542. The standard InChI is InChI=1S/C14H9F2IO/c1-8-6-11(13(16)7-12(8)15)14(18)9-2-4-10(17)5-3-9/h2-7H,1H3. The van der Waals surface area contributed by atoms with E-state index in [0.717, 1.165) is 9.64 Å². The van der Waals surface area contributed by atoms with Crippen LogP contribution in [0.1, 0.15) is 21.5 Å². The van der Waals surface area contributed by atoms with Gasteiger partial charge in [0, 0.05) is 15.2 Å². The Kier molecular flexibility index (Phi) is 3.75. The van der Waals surface area contributed by atoms with E-state index in [1.165, 1.54) is 13.0 Å². The zero-order chi connectivity index (χ0) is 13.3. The highest BCUT2D eigenvalue weighted by molar-refractivity contribution is 14.1. The van der Waals surface area contributed by atoms with Crippen LogP contribution in [0.3, 0.4) is 0 Å². The summed E-state index contributed by atoms with van der Waals surface area (Å²) in [6.45, 7) is 1.50. The van der Waals surface area contributed by atoms with E-state index in [4.69, 9.17) is 0 Å². The highest BCUT2D eigenvalue weighted by Gasteiger charge is 2.16. The minimum Gasteiger partial charge on any atom is -0.288 e. The van der Waals surface area contributed by atoms with Crippen molar-refractivity contribution in [3.05, 3.63) is 68.3 Å². The molecule has 92 valence electrons. The molecule has 0 aliphatic carbocycles. The number of benzene rings is 2. The fraction of sp³-hybridized carbons (Fsp3) is 0.0714. The van der Waals surface area contributed by atoms with E-state index in [1.54, 1.807) is 24.3 Å². The molecule has 0 unspecified atom stereocenters. The lowest BCUT2D eigenvalue weighted by Crippen LogP contribution is -2.05. The van der Waals surface area contributed by atoms with E-state index in [-0.39, 0.29) is 11.1 Å². The second kappa shape index (κ2) is 5.14. The molecule has 0 saturated heterocycles. The van der Waals surface area contributed by atoms with E-state index in [2.05, 4.69) is 22.6 Å². The Morgan fingerprint density at radius 2 is 1.67 bits per heavy atom. The predicted octanol–water partition coefficient (Wildman–Crippen LogP) is 4.11. The molecule has 2 aromatic rings. The number of rotatable bonds is 2. The lowest BCUT2D eigenvalue weighted by molar-refractivity contribution is 0.103. The maximum absolute atomic E-state index is 13.6. The van der Waals surface area contributed by atoms with E-state index >= 15 is 0 Å². The molecule has 0 bridgehead atoms. The van der Waals surface area contributed by atoms with Crippen LogP contribution in [-0.2, 0) is 0 Å². The van der Waals surface area contributed by atoms with E-state index in [0.29, 0.717) is 5.56 Å². The molecule has 0 aliphatic rings. The summed E-state index contributed by atoms with van der Waals surface area (Å²) >= 11 is 2.12. The zero-order valence-corrected chi connectivity index (χ0v) is 11.7. The SMILES string of the molecule is Cc1cc(C(=O)c2ccc(I)cc2)c(F)cc1F. The number of carbonyl (C=O) groups excluding carboxylic acids is 1. The van der Waals surface area contributed by atoms with Gasteiger partial charge in [0.05, 0.1) is 5.56 Å². The number of hydrogen-bond acceptors (Lipinski definition) is 1. The van der Waals surface area contributed by atoms with Crippen molar-refractivity contribution in [2.75, 3.05) is 0 Å². The molecule has 0 fully saturated rings. The molecule has 0 amide bonds. The first-order chi connectivity index (χ1) is 8.49. The van der Waals surface area contributed by atoms with Gasteiger partial charge < -0.3 is 0 Å². The molecule has 0 N–H and O–H groups in total. The summed E-state index contributed by atoms with van der Waals surface area (Å²) in [5.74, 6) is -1.92. The molecular formula is C14H9F2IO. The lowest BCUT2D eigenvalue weighted by atomic mass is 10.0. The summed E-state index contributed by atoms with van der Waals surface area (Å²) in [5, 5.41) is 0. The largest absolute Gasteiger partial charge is 0.288 e. The minimum absolute atomic E-state index is 0.102. The van der Waals surface area contributed by atoms with Crippen LogP contribution in [0.2, 0.25) is 0 Å². The molecule has 2 aromatic carbocycles. The van der Waals surface area contributed by atoms with Crippen LogP contribution >= 0.6 is 22.6 Å². The van der Waals surface area contributed by atoms with Gasteiger partial charge in [-0.1, -0.05) is 0 Å². The molecule has 0 heterocycles. The van der Waals surface area contributed by atoms with Crippen LogP contribution in [0.4, 0.5) is 8.78 Å². The van der Waals surface area contributed by atoms with Crippen molar-refractivity contribution >= 4 is 28.4 Å². The van der Waals surface area contributed by atoms with Gasteiger partial charge in [-0.25, -0.2) is 8.78 Å². The first-order valence-corrected chi connectivity index (χ1v) is 6.33. The summed E-state index contributed by atoms with van der Waals surface area (Å²) in [7, 11) is 0. The molecule has 1 nitrogen and oxygen atoms in total. The Morgan fingerprint density at radius 3 is 2.28 bits per heavy atom. The molecule has 0 spiro atoms. The van der Waals surface area contributed by atoms with E-state index in [1.807, 2.05) is 0 Å². The predicted molar refractivity (Wildman–Crippen MR) is 73.7 cm³/mol. The van der Waals surface area contributed by atoms with Crippen molar-refractivity contribution in [1.82, 2.24) is 0 Å². The van der Waals surface area contributed by atoms with Crippen molar-refractivity contribution in [2.24, 2.45) is 0 Å². The third-order valence-corrected chi connectivity index (χ3v) is 3.32. The summed E-state index contributed by atoms with van der Waals surface area (Å²) in [6.07, 6.45) is 0. The van der Waals surface area contributed by atoms with Gasteiger partial charge in [0.1, 0.15) is 11.6 Å². The van der Waals surface area contributed by atoms with Crippen LogP contribution in [-0.4, -0.2) is 5.78 Å². The van der Waals surface area contributed by atoms with Gasteiger partial charge in [-0.15, -0.1) is 0 Å². The molecule has 2 rings (SSSR count). The van der Waals surface area contributed by atoms with Crippen molar-refractivity contribution < 1.29 is 13.6 Å². The van der Waals surface area contributed by atoms with E-state index < -0.39 is 17.4 Å². The third-order valence-electron chi connectivity index (χ3n) is 2.60. The zero-order valence-electron chi connectivity index (χ0n) is 9.51. The fourth-order valence-electron chi connectivity index (χ4n) is 1.59. The molecular weight excluding hydrogens is 349 g/mol. The minimum atomic E-state index is -0.832. The highest BCUT2D eigenvalue weighted by Crippen LogP contribution is 2.18. The Morgan fingerprint density at radius 1 is 1.06 bits per heavy atom. The number of carbonyl (C=O) groups is 1. The topological polar surface area (TPSA) is 17.1 Å². The van der Waals surface area contributed by atoms with Crippen LogP contribution in [0.15, 0.2) is 36.4 Å². The van der Waals surface area contributed by atoms with Crippen LogP contribution in [0.25, 0.3) is 0 Å². The summed E-state index contributed by atoms with van der Waals surface area (Å²) < 4.78 is 27.7. The second-order valence-electron chi connectivity index (χ2n) is 3.92. The first kappa shape index (κ1) is 13.1. The number of halogens is 3. The maximum Gasteiger partial charge on any atom is 0.195 e. The Labute approximate surface area is 117 Å². The molecule has 18 heavy (non-hydrogen) atoms. The number of ketones is 1. The summed E-state index contributed by atoms with van der Waals surface area (Å²) in [6, 6.07) is 8.77. The Balaban J connectivity index is 2.46.